The molecule has 0 aromatic heterocycles. The second-order valence-corrected chi connectivity index (χ2v) is 7.00. The number of rotatable bonds is 8. The van der Waals surface area contributed by atoms with Crippen molar-refractivity contribution in [1.29, 1.82) is 0 Å². The number of ether oxygens (including phenoxy) is 2. The van der Waals surface area contributed by atoms with Gasteiger partial charge in [-0.05, 0) is 28.8 Å². The van der Waals surface area contributed by atoms with Gasteiger partial charge >= 0.3 is 0 Å². The summed E-state index contributed by atoms with van der Waals surface area (Å²) in [6, 6.07) is 14.9. The molecule has 0 saturated carbocycles. The minimum Gasteiger partial charge on any atom is -0.508 e. The van der Waals surface area contributed by atoms with Crippen LogP contribution < -0.4 is 0 Å². The number of aromatic hydroxyl groups is 1. The Hall–Kier alpha value is -4.26. The molecule has 3 rings (SSSR count). The predicted molar refractivity (Wildman–Crippen MR) is 129 cm³/mol. The van der Waals surface area contributed by atoms with Gasteiger partial charge in [-0.2, -0.15) is 8.78 Å². The van der Waals surface area contributed by atoms with Gasteiger partial charge in [-0.25, -0.2) is 8.78 Å². The van der Waals surface area contributed by atoms with E-state index in [9.17, 15) is 22.7 Å². The van der Waals surface area contributed by atoms with Crippen LogP contribution in [0.4, 0.5) is 17.6 Å². The molecule has 0 aliphatic carbocycles. The van der Waals surface area contributed by atoms with Gasteiger partial charge in [-0.3, -0.25) is 0 Å². The van der Waals surface area contributed by atoms with Gasteiger partial charge in [-0.15, -0.1) is 13.2 Å². The maximum Gasteiger partial charge on any atom is 0.203 e. The second kappa shape index (κ2) is 12.3. The van der Waals surface area contributed by atoms with Gasteiger partial charge in [0.15, 0.2) is 23.2 Å². The van der Waals surface area contributed by atoms with Crippen LogP contribution in [-0.4, -0.2) is 12.2 Å². The monoisotopic (exact) mass is 484 g/mol. The Kier molecular flexibility index (Phi) is 9.46. The molecule has 35 heavy (non-hydrogen) atoms. The lowest BCUT2D eigenvalue weighted by Crippen LogP contribution is -1.97. The Morgan fingerprint density at radius 1 is 0.743 bits per heavy atom. The van der Waals surface area contributed by atoms with Gasteiger partial charge in [0.25, 0.3) is 0 Å². The summed E-state index contributed by atoms with van der Waals surface area (Å²) in [5.74, 6) is -5.67. The highest BCUT2D eigenvalue weighted by molar-refractivity contribution is 5.72. The number of hydrogen-bond acceptors (Lipinski definition) is 3. The summed E-state index contributed by atoms with van der Waals surface area (Å²) in [6.07, 6.45) is 0. The molecule has 0 heterocycles. The molecule has 0 atom stereocenters. The zero-order valence-corrected chi connectivity index (χ0v) is 19.1. The van der Waals surface area contributed by atoms with E-state index in [2.05, 4.69) is 31.1 Å². The van der Waals surface area contributed by atoms with E-state index >= 15 is 0 Å². The van der Waals surface area contributed by atoms with Crippen LogP contribution in [0.2, 0.25) is 0 Å². The van der Waals surface area contributed by atoms with E-state index in [0.29, 0.717) is 16.7 Å². The molecule has 0 spiro atoms. The lowest BCUT2D eigenvalue weighted by atomic mass is 9.98. The van der Waals surface area contributed by atoms with Gasteiger partial charge in [0.05, 0.1) is 7.11 Å². The number of methoxy groups -OCH3 is 1. The zero-order valence-electron chi connectivity index (χ0n) is 19.1. The van der Waals surface area contributed by atoms with Crippen molar-refractivity contribution in [3.8, 4) is 28.0 Å². The van der Waals surface area contributed by atoms with Crippen LogP contribution in [0, 0.1) is 11.6 Å². The van der Waals surface area contributed by atoms with Crippen LogP contribution in [0.5, 0.6) is 5.75 Å². The molecule has 0 radical (unpaired) electrons. The summed E-state index contributed by atoms with van der Waals surface area (Å²) in [5, 5.41) is 9.37. The van der Waals surface area contributed by atoms with E-state index in [4.69, 9.17) is 4.74 Å². The second-order valence-electron chi connectivity index (χ2n) is 7.00. The first-order valence-corrected chi connectivity index (χ1v) is 10.2. The number of halogens is 4. The molecule has 1 N–H and O–H groups in total. The first kappa shape index (κ1) is 27.0. The largest absolute Gasteiger partial charge is 0.508 e. The lowest BCUT2D eigenvalue weighted by molar-refractivity contribution is 0.192. The normalized spacial score (nSPS) is 11.0. The third-order valence-corrected chi connectivity index (χ3v) is 4.87. The van der Waals surface area contributed by atoms with Crippen LogP contribution in [0.15, 0.2) is 110 Å². The highest BCUT2D eigenvalue weighted by Gasteiger charge is 2.17. The van der Waals surface area contributed by atoms with Crippen molar-refractivity contribution < 1.29 is 32.1 Å². The minimum absolute atomic E-state index is 0.0215. The molecule has 0 unspecified atom stereocenters. The number of allylic oxidation sites excluding steroid dienone is 2. The molecule has 0 bridgehead atoms. The molecular weight excluding hydrogens is 460 g/mol. The highest BCUT2D eigenvalue weighted by atomic mass is 19.2. The average Bonchev–Trinajstić information content (AvgIpc) is 2.89. The Morgan fingerprint density at radius 3 is 1.63 bits per heavy atom. The lowest BCUT2D eigenvalue weighted by Gasteiger charge is -2.11. The van der Waals surface area contributed by atoms with Gasteiger partial charge < -0.3 is 14.6 Å². The van der Waals surface area contributed by atoms with Crippen molar-refractivity contribution in [2.45, 2.75) is 6.61 Å². The van der Waals surface area contributed by atoms with Crippen molar-refractivity contribution >= 4 is 0 Å². The Morgan fingerprint density at radius 2 is 1.17 bits per heavy atom. The van der Waals surface area contributed by atoms with Crippen molar-refractivity contribution in [3.63, 3.8) is 0 Å². The maximum absolute atomic E-state index is 14.8. The molecular formula is C28H24F4O3. The fourth-order valence-electron chi connectivity index (χ4n) is 2.99. The average molecular weight is 484 g/mol. The zero-order chi connectivity index (χ0) is 26.1. The van der Waals surface area contributed by atoms with Crippen LogP contribution in [0.1, 0.15) is 5.56 Å². The SMILES string of the molecule is C=C.C=C(OC)/C(F)=C(/F)C(=C)OCc1ccc(-c2ccc(-c3ccc(O)cc3)c(F)c2F)cc1. The third-order valence-electron chi connectivity index (χ3n) is 4.87. The van der Waals surface area contributed by atoms with Gasteiger partial charge in [0.2, 0.25) is 11.7 Å². The number of benzene rings is 3. The van der Waals surface area contributed by atoms with Crippen molar-refractivity contribution in [2.24, 2.45) is 0 Å². The summed E-state index contributed by atoms with van der Waals surface area (Å²) in [5.41, 5.74) is 1.54. The fraction of sp³-hybridized carbons (Fsp3) is 0.0714. The Labute approximate surface area is 201 Å². The number of hydrogen-bond donors (Lipinski definition) is 1. The minimum atomic E-state index is -1.33. The summed E-state index contributed by atoms with van der Waals surface area (Å²) in [7, 11) is 1.15. The van der Waals surface area contributed by atoms with Crippen molar-refractivity contribution in [2.75, 3.05) is 7.11 Å². The van der Waals surface area contributed by atoms with E-state index in [0.717, 1.165) is 7.11 Å². The molecule has 0 aliphatic rings. The smallest absolute Gasteiger partial charge is 0.203 e. The maximum atomic E-state index is 14.8. The Bertz CT molecular complexity index is 1230. The van der Waals surface area contributed by atoms with Crippen LogP contribution in [0.25, 0.3) is 22.3 Å². The van der Waals surface area contributed by atoms with Crippen LogP contribution in [-0.2, 0) is 16.1 Å². The molecule has 3 aromatic rings. The summed E-state index contributed by atoms with van der Waals surface area (Å²) >= 11 is 0. The summed E-state index contributed by atoms with van der Waals surface area (Å²) < 4.78 is 66.8. The highest BCUT2D eigenvalue weighted by Crippen LogP contribution is 2.32. The van der Waals surface area contributed by atoms with Gasteiger partial charge in [0.1, 0.15) is 12.4 Å². The van der Waals surface area contributed by atoms with E-state index in [1.54, 1.807) is 24.3 Å². The standard InChI is InChI=1S/C26H20F4O3.C2H4/c1-15(32-3)23(27)24(28)16(2)33-14-17-4-6-18(7-5-17)21-12-13-22(26(30)25(21)29)19-8-10-20(31)11-9-19;1-2/h4-13,31H,1-2,14H2,3H3;1-2H2/b24-23-;. The molecule has 0 saturated heterocycles. The van der Waals surface area contributed by atoms with Crippen LogP contribution >= 0.6 is 0 Å². The Balaban J connectivity index is 0.00000210. The summed E-state index contributed by atoms with van der Waals surface area (Å²) in [6.45, 7) is 12.4. The molecule has 3 nitrogen and oxygen atoms in total. The number of phenols is 1. The van der Waals surface area contributed by atoms with Gasteiger partial charge in [-0.1, -0.05) is 61.7 Å². The van der Waals surface area contributed by atoms with E-state index in [-0.39, 0.29) is 23.5 Å². The van der Waals surface area contributed by atoms with Crippen LogP contribution in [0.3, 0.4) is 0 Å². The third kappa shape index (κ3) is 6.41. The van der Waals surface area contributed by atoms with Gasteiger partial charge in [0, 0.05) is 11.1 Å². The summed E-state index contributed by atoms with van der Waals surface area (Å²) in [4.78, 5) is 0. The van der Waals surface area contributed by atoms with E-state index < -0.39 is 34.8 Å². The molecule has 0 amide bonds. The van der Waals surface area contributed by atoms with Crippen molar-refractivity contribution in [3.05, 3.63) is 127 Å². The predicted octanol–water partition coefficient (Wildman–Crippen LogP) is 8.15. The molecule has 0 fully saturated rings. The first-order chi connectivity index (χ1) is 16.7. The molecule has 3 aromatic carbocycles. The number of phenolic OH excluding ortho intramolecular Hbond substituents is 1. The fourth-order valence-corrected chi connectivity index (χ4v) is 2.99. The van der Waals surface area contributed by atoms with E-state index in [1.165, 1.54) is 36.4 Å². The molecule has 182 valence electrons. The van der Waals surface area contributed by atoms with Crippen molar-refractivity contribution in [1.82, 2.24) is 0 Å². The first-order valence-electron chi connectivity index (χ1n) is 10.2. The quantitative estimate of drug-likeness (QED) is 0.152. The topological polar surface area (TPSA) is 38.7 Å². The van der Waals surface area contributed by atoms with E-state index in [1.807, 2.05) is 0 Å². The molecule has 0 aliphatic heterocycles. The molecule has 7 heteroatoms.